The Morgan fingerprint density at radius 3 is 2.55 bits per heavy atom. The van der Waals surface area contributed by atoms with Gasteiger partial charge in [-0.05, 0) is 29.8 Å². The second kappa shape index (κ2) is 9.46. The molecule has 0 bridgehead atoms. The van der Waals surface area contributed by atoms with Gasteiger partial charge in [-0.3, -0.25) is 14.2 Å². The first-order chi connectivity index (χ1) is 16.1. The average Bonchev–Trinajstić information content (AvgIpc) is 3.28. The quantitative estimate of drug-likeness (QED) is 0.316. The number of ether oxygens (including phenoxy) is 1. The van der Waals surface area contributed by atoms with Gasteiger partial charge in [-0.15, -0.1) is 11.3 Å². The summed E-state index contributed by atoms with van der Waals surface area (Å²) >= 11 is 2.62. The Hall–Kier alpha value is -3.01. The van der Waals surface area contributed by atoms with Crippen LogP contribution in [0, 0.1) is 5.82 Å². The number of benzene rings is 2. The topological polar surface area (TPSA) is 64.4 Å². The summed E-state index contributed by atoms with van der Waals surface area (Å²) in [6.07, 6.45) is 0. The van der Waals surface area contributed by atoms with Crippen LogP contribution in [0.2, 0.25) is 0 Å². The third-order valence-electron chi connectivity index (χ3n) is 5.44. The molecular weight excluding hydrogens is 461 g/mol. The van der Waals surface area contributed by atoms with E-state index in [4.69, 9.17) is 9.72 Å². The lowest BCUT2D eigenvalue weighted by atomic mass is 10.1. The Morgan fingerprint density at radius 1 is 1.09 bits per heavy atom. The molecule has 33 heavy (non-hydrogen) atoms. The smallest absolute Gasteiger partial charge is 0.268 e. The largest absolute Gasteiger partial charge is 0.378 e. The zero-order valence-electron chi connectivity index (χ0n) is 17.6. The normalized spacial score (nSPS) is 14.0. The first-order valence-electron chi connectivity index (χ1n) is 10.5. The van der Waals surface area contributed by atoms with E-state index in [1.54, 1.807) is 21.6 Å². The number of thiophene rings is 1. The molecule has 1 saturated heterocycles. The summed E-state index contributed by atoms with van der Waals surface area (Å²) in [6.45, 7) is 2.22. The standard InChI is InChI=1S/C24H20FN3O3S2/c25-17-8-6-16(7-9-17)19-14-32-22-21(19)23(30)28(18-4-2-1-3-5-18)24(26-22)33-15-20(29)27-10-12-31-13-11-27/h1-9,14H,10-13,15H2. The molecule has 1 fully saturated rings. The minimum atomic E-state index is -0.332. The summed E-state index contributed by atoms with van der Waals surface area (Å²) in [5.41, 5.74) is 1.93. The second-order valence-corrected chi connectivity index (χ2v) is 9.29. The Balaban J connectivity index is 1.58. The van der Waals surface area contributed by atoms with Crippen molar-refractivity contribution >= 4 is 39.2 Å². The van der Waals surface area contributed by atoms with Crippen molar-refractivity contribution < 1.29 is 13.9 Å². The van der Waals surface area contributed by atoms with Gasteiger partial charge in [0.1, 0.15) is 10.6 Å². The molecule has 5 rings (SSSR count). The SMILES string of the molecule is O=C(CSc1nc2scc(-c3ccc(F)cc3)c2c(=O)n1-c1ccccc1)N1CCOCC1. The highest BCUT2D eigenvalue weighted by molar-refractivity contribution is 7.99. The number of nitrogens with zero attached hydrogens (tertiary/aromatic N) is 3. The Bertz CT molecular complexity index is 1350. The number of halogens is 1. The van der Waals surface area contributed by atoms with Crippen molar-refractivity contribution in [1.29, 1.82) is 0 Å². The molecule has 0 spiro atoms. The number of para-hydroxylation sites is 1. The third-order valence-corrected chi connectivity index (χ3v) is 7.23. The van der Waals surface area contributed by atoms with Gasteiger partial charge in [0.15, 0.2) is 5.16 Å². The number of amides is 1. The first-order valence-corrected chi connectivity index (χ1v) is 12.3. The monoisotopic (exact) mass is 481 g/mol. The maximum Gasteiger partial charge on any atom is 0.268 e. The van der Waals surface area contributed by atoms with E-state index in [-0.39, 0.29) is 23.0 Å². The first kappa shape index (κ1) is 21.8. The fourth-order valence-corrected chi connectivity index (χ4v) is 5.65. The van der Waals surface area contributed by atoms with E-state index >= 15 is 0 Å². The van der Waals surface area contributed by atoms with Gasteiger partial charge in [0, 0.05) is 24.0 Å². The molecule has 6 nitrogen and oxygen atoms in total. The Labute approximate surface area is 197 Å². The van der Waals surface area contributed by atoms with Crippen LogP contribution < -0.4 is 5.56 Å². The van der Waals surface area contributed by atoms with Gasteiger partial charge >= 0.3 is 0 Å². The average molecular weight is 482 g/mol. The lowest BCUT2D eigenvalue weighted by Gasteiger charge is -2.26. The van der Waals surface area contributed by atoms with Crippen LogP contribution in [0.3, 0.4) is 0 Å². The number of thioether (sulfide) groups is 1. The molecule has 0 saturated carbocycles. The number of rotatable bonds is 5. The van der Waals surface area contributed by atoms with E-state index in [1.807, 2.05) is 35.7 Å². The van der Waals surface area contributed by atoms with Crippen molar-refractivity contribution in [2.75, 3.05) is 32.1 Å². The highest BCUT2D eigenvalue weighted by atomic mass is 32.2. The van der Waals surface area contributed by atoms with Crippen molar-refractivity contribution in [1.82, 2.24) is 14.5 Å². The molecule has 0 radical (unpaired) electrons. The Morgan fingerprint density at radius 2 is 1.82 bits per heavy atom. The van der Waals surface area contributed by atoms with Crippen LogP contribution in [0.25, 0.3) is 27.0 Å². The van der Waals surface area contributed by atoms with E-state index < -0.39 is 0 Å². The number of hydrogen-bond donors (Lipinski definition) is 0. The van der Waals surface area contributed by atoms with Crippen molar-refractivity contribution in [2.24, 2.45) is 0 Å². The van der Waals surface area contributed by atoms with Crippen LogP contribution in [0.4, 0.5) is 4.39 Å². The predicted octanol–water partition coefficient (Wildman–Crippen LogP) is 4.20. The molecule has 168 valence electrons. The molecular formula is C24H20FN3O3S2. The zero-order chi connectivity index (χ0) is 22.8. The summed E-state index contributed by atoms with van der Waals surface area (Å²) in [5.74, 6) is -0.154. The summed E-state index contributed by atoms with van der Waals surface area (Å²) in [5, 5.41) is 2.82. The van der Waals surface area contributed by atoms with E-state index in [1.165, 1.54) is 35.2 Å². The number of hydrogen-bond acceptors (Lipinski definition) is 6. The van der Waals surface area contributed by atoms with E-state index in [0.29, 0.717) is 47.4 Å². The summed E-state index contributed by atoms with van der Waals surface area (Å²) in [4.78, 5) is 33.6. The van der Waals surface area contributed by atoms with Crippen molar-refractivity contribution in [3.8, 4) is 16.8 Å². The number of morpholine rings is 1. The van der Waals surface area contributed by atoms with Crippen LogP contribution in [0.5, 0.6) is 0 Å². The maximum atomic E-state index is 13.7. The van der Waals surface area contributed by atoms with Gasteiger partial charge in [0.05, 0.1) is 30.0 Å². The van der Waals surface area contributed by atoms with Crippen LogP contribution >= 0.6 is 23.1 Å². The Kier molecular flexibility index (Phi) is 6.26. The predicted molar refractivity (Wildman–Crippen MR) is 129 cm³/mol. The summed E-state index contributed by atoms with van der Waals surface area (Å²) in [7, 11) is 0. The zero-order valence-corrected chi connectivity index (χ0v) is 19.2. The van der Waals surface area contributed by atoms with Crippen molar-refractivity contribution in [3.63, 3.8) is 0 Å². The molecule has 1 amide bonds. The molecule has 2 aromatic heterocycles. The molecule has 3 heterocycles. The molecule has 0 aliphatic carbocycles. The minimum Gasteiger partial charge on any atom is -0.378 e. The van der Waals surface area contributed by atoms with Gasteiger partial charge in [-0.2, -0.15) is 0 Å². The van der Waals surface area contributed by atoms with Crippen LogP contribution in [-0.4, -0.2) is 52.4 Å². The molecule has 9 heteroatoms. The van der Waals surface area contributed by atoms with Gasteiger partial charge in [-0.25, -0.2) is 9.37 Å². The number of carbonyl (C=O) groups excluding carboxylic acids is 1. The molecule has 4 aromatic rings. The van der Waals surface area contributed by atoms with Gasteiger partial charge in [0.2, 0.25) is 5.91 Å². The van der Waals surface area contributed by atoms with Gasteiger partial charge in [0.25, 0.3) is 5.56 Å². The number of carbonyl (C=O) groups is 1. The lowest BCUT2D eigenvalue weighted by Crippen LogP contribution is -2.41. The molecule has 0 unspecified atom stereocenters. The number of aromatic nitrogens is 2. The molecule has 1 aliphatic rings. The summed E-state index contributed by atoms with van der Waals surface area (Å²) < 4.78 is 20.3. The third kappa shape index (κ3) is 4.44. The van der Waals surface area contributed by atoms with Crippen molar-refractivity contribution in [2.45, 2.75) is 5.16 Å². The van der Waals surface area contributed by atoms with E-state index in [0.717, 1.165) is 11.1 Å². The molecule has 0 N–H and O–H groups in total. The van der Waals surface area contributed by atoms with Gasteiger partial charge < -0.3 is 9.64 Å². The molecule has 2 aromatic carbocycles. The number of fused-ring (bicyclic) bond motifs is 1. The fraction of sp³-hybridized carbons (Fsp3) is 0.208. The highest BCUT2D eigenvalue weighted by Crippen LogP contribution is 2.33. The van der Waals surface area contributed by atoms with Crippen LogP contribution in [-0.2, 0) is 9.53 Å². The lowest BCUT2D eigenvalue weighted by molar-refractivity contribution is -0.132. The molecule has 1 aliphatic heterocycles. The minimum absolute atomic E-state index is 0.00422. The van der Waals surface area contributed by atoms with Crippen molar-refractivity contribution in [3.05, 3.63) is 76.1 Å². The van der Waals surface area contributed by atoms with E-state index in [9.17, 15) is 14.0 Å². The maximum absolute atomic E-state index is 13.7. The fourth-order valence-electron chi connectivity index (χ4n) is 3.75. The van der Waals surface area contributed by atoms with Gasteiger partial charge in [-0.1, -0.05) is 42.1 Å². The van der Waals surface area contributed by atoms with Crippen LogP contribution in [0.1, 0.15) is 0 Å². The highest BCUT2D eigenvalue weighted by Gasteiger charge is 2.21. The van der Waals surface area contributed by atoms with E-state index in [2.05, 4.69) is 0 Å². The molecule has 0 atom stereocenters. The second-order valence-electron chi connectivity index (χ2n) is 7.49. The summed E-state index contributed by atoms with van der Waals surface area (Å²) in [6, 6.07) is 15.3. The van der Waals surface area contributed by atoms with Crippen LogP contribution in [0.15, 0.2) is 69.9 Å².